The maximum Gasteiger partial charge on any atom is 0.234 e. The Morgan fingerprint density at radius 1 is 1.29 bits per heavy atom. The average Bonchev–Trinajstić information content (AvgIpc) is 3.37. The molecule has 1 saturated carbocycles. The number of hydrogen-bond acceptors (Lipinski definition) is 4. The number of benzene rings is 1. The Hall–Kier alpha value is -1.24. The van der Waals surface area contributed by atoms with Crippen LogP contribution in [0, 0.1) is 12.8 Å². The molecule has 0 spiro atoms. The molecule has 0 aliphatic heterocycles. The molecule has 134 valence electrons. The minimum absolute atomic E-state index is 0. The zero-order chi connectivity index (χ0) is 16.8. The highest BCUT2D eigenvalue weighted by Crippen LogP contribution is 2.32. The molecule has 0 aromatic heterocycles. The first-order valence-corrected chi connectivity index (χ1v) is 9.03. The molecule has 2 rings (SSSR count). The van der Waals surface area contributed by atoms with Crippen LogP contribution in [-0.4, -0.2) is 35.4 Å². The molecule has 0 saturated heterocycles. The van der Waals surface area contributed by atoms with E-state index in [1.54, 1.807) is 0 Å². The molecule has 7 heteroatoms. The van der Waals surface area contributed by atoms with E-state index in [9.17, 15) is 9.59 Å². The third-order valence-electron chi connectivity index (χ3n) is 3.94. The van der Waals surface area contributed by atoms with Crippen LogP contribution in [-0.2, 0) is 9.59 Å². The van der Waals surface area contributed by atoms with Crippen molar-refractivity contribution < 1.29 is 9.59 Å². The maximum atomic E-state index is 12.1. The van der Waals surface area contributed by atoms with Crippen molar-refractivity contribution in [3.8, 4) is 0 Å². The molecular formula is C17H26ClN3O2S. The molecular weight excluding hydrogens is 346 g/mol. The number of nitrogens with one attached hydrogen (secondary N) is 2. The molecule has 0 heterocycles. The summed E-state index contributed by atoms with van der Waals surface area (Å²) in [6.07, 6.45) is 2.28. The van der Waals surface area contributed by atoms with Gasteiger partial charge in [0.25, 0.3) is 0 Å². The highest BCUT2D eigenvalue weighted by molar-refractivity contribution is 8.01. The lowest BCUT2D eigenvalue weighted by Crippen LogP contribution is -2.45. The maximum absolute atomic E-state index is 12.1. The van der Waals surface area contributed by atoms with Crippen LogP contribution in [0.25, 0.3) is 0 Å². The summed E-state index contributed by atoms with van der Waals surface area (Å²) in [6.45, 7) is 4.29. The van der Waals surface area contributed by atoms with Crippen molar-refractivity contribution >= 4 is 41.7 Å². The highest BCUT2D eigenvalue weighted by Gasteiger charge is 2.32. The van der Waals surface area contributed by atoms with Crippen LogP contribution in [0.15, 0.2) is 24.3 Å². The lowest BCUT2D eigenvalue weighted by Gasteiger charge is -2.19. The standard InChI is InChI=1S/C17H25N3O2S.ClH/c1-11-3-7-14(8-4-11)19-16(21)10-23-12(2)17(22)20-15(9-18)13-5-6-13;/h3-4,7-8,12-13,15H,5-6,9-10,18H2,1-2H3,(H,19,21)(H,20,22);1H. The van der Waals surface area contributed by atoms with E-state index in [0.29, 0.717) is 12.5 Å². The Balaban J connectivity index is 0.00000288. The van der Waals surface area contributed by atoms with E-state index in [2.05, 4.69) is 10.6 Å². The molecule has 24 heavy (non-hydrogen) atoms. The highest BCUT2D eigenvalue weighted by atomic mass is 35.5. The fourth-order valence-electron chi connectivity index (χ4n) is 2.28. The summed E-state index contributed by atoms with van der Waals surface area (Å²) in [6, 6.07) is 7.71. The Morgan fingerprint density at radius 2 is 1.92 bits per heavy atom. The summed E-state index contributed by atoms with van der Waals surface area (Å²) >= 11 is 1.33. The van der Waals surface area contributed by atoms with E-state index in [-0.39, 0.29) is 41.3 Å². The minimum Gasteiger partial charge on any atom is -0.351 e. The summed E-state index contributed by atoms with van der Waals surface area (Å²) in [5.74, 6) is 0.640. The summed E-state index contributed by atoms with van der Waals surface area (Å²) in [5, 5.41) is 5.55. The predicted molar refractivity (Wildman–Crippen MR) is 103 cm³/mol. The van der Waals surface area contributed by atoms with Crippen LogP contribution >= 0.6 is 24.2 Å². The van der Waals surface area contributed by atoms with E-state index in [4.69, 9.17) is 5.73 Å². The zero-order valence-electron chi connectivity index (χ0n) is 14.1. The molecule has 4 N–H and O–H groups in total. The van der Waals surface area contributed by atoms with Gasteiger partial charge in [-0.05, 0) is 44.7 Å². The first-order valence-electron chi connectivity index (χ1n) is 7.98. The van der Waals surface area contributed by atoms with Gasteiger partial charge in [0.1, 0.15) is 0 Å². The number of thioether (sulfide) groups is 1. The van der Waals surface area contributed by atoms with E-state index in [0.717, 1.165) is 24.1 Å². The Labute approximate surface area is 153 Å². The number of halogens is 1. The second kappa shape index (κ2) is 9.91. The fraction of sp³-hybridized carbons (Fsp3) is 0.529. The van der Waals surface area contributed by atoms with E-state index in [1.807, 2.05) is 38.1 Å². The van der Waals surface area contributed by atoms with E-state index >= 15 is 0 Å². The van der Waals surface area contributed by atoms with Crippen molar-refractivity contribution in [2.75, 3.05) is 17.6 Å². The number of rotatable bonds is 8. The molecule has 0 bridgehead atoms. The largest absolute Gasteiger partial charge is 0.351 e. The predicted octanol–water partition coefficient (Wildman–Crippen LogP) is 2.33. The first kappa shape index (κ1) is 20.8. The molecule has 0 radical (unpaired) electrons. The Kier molecular flexibility index (Phi) is 8.59. The van der Waals surface area contributed by atoms with Crippen LogP contribution in [0.2, 0.25) is 0 Å². The number of anilines is 1. The molecule has 1 aromatic rings. The van der Waals surface area contributed by atoms with Crippen molar-refractivity contribution in [2.45, 2.75) is 38.0 Å². The van der Waals surface area contributed by atoms with Crippen molar-refractivity contribution in [1.82, 2.24) is 5.32 Å². The third-order valence-corrected chi connectivity index (χ3v) is 5.08. The van der Waals surface area contributed by atoms with Gasteiger partial charge in [-0.25, -0.2) is 0 Å². The van der Waals surface area contributed by atoms with Crippen LogP contribution in [0.3, 0.4) is 0 Å². The smallest absolute Gasteiger partial charge is 0.234 e. The molecule has 1 aliphatic carbocycles. The molecule has 1 aliphatic rings. The number of carbonyl (C=O) groups is 2. The quantitative estimate of drug-likeness (QED) is 0.654. The zero-order valence-corrected chi connectivity index (χ0v) is 15.7. The van der Waals surface area contributed by atoms with Crippen molar-refractivity contribution in [1.29, 1.82) is 0 Å². The van der Waals surface area contributed by atoms with Gasteiger partial charge in [0.15, 0.2) is 0 Å². The van der Waals surface area contributed by atoms with Gasteiger partial charge in [-0.1, -0.05) is 17.7 Å². The normalized spacial score (nSPS) is 15.8. The fourth-order valence-corrected chi connectivity index (χ4v) is 2.97. The Bertz CT molecular complexity index is 549. The van der Waals surface area contributed by atoms with Crippen LogP contribution < -0.4 is 16.4 Å². The van der Waals surface area contributed by atoms with Gasteiger partial charge in [0, 0.05) is 18.3 Å². The minimum atomic E-state index is -0.272. The molecule has 2 atom stereocenters. The second-order valence-electron chi connectivity index (χ2n) is 6.06. The van der Waals surface area contributed by atoms with Crippen LogP contribution in [0.1, 0.15) is 25.3 Å². The van der Waals surface area contributed by atoms with Crippen LogP contribution in [0.4, 0.5) is 5.69 Å². The second-order valence-corrected chi connectivity index (χ2v) is 7.38. The number of hydrogen-bond donors (Lipinski definition) is 3. The van der Waals surface area contributed by atoms with Crippen molar-refractivity contribution in [3.63, 3.8) is 0 Å². The van der Waals surface area contributed by atoms with Gasteiger partial charge in [-0.2, -0.15) is 0 Å². The van der Waals surface area contributed by atoms with Crippen molar-refractivity contribution in [2.24, 2.45) is 11.7 Å². The molecule has 2 amide bonds. The number of carbonyl (C=O) groups excluding carboxylic acids is 2. The molecule has 5 nitrogen and oxygen atoms in total. The average molecular weight is 372 g/mol. The topological polar surface area (TPSA) is 84.2 Å². The molecule has 1 fully saturated rings. The third kappa shape index (κ3) is 6.71. The number of amides is 2. The molecule has 1 aromatic carbocycles. The lowest BCUT2D eigenvalue weighted by molar-refractivity contribution is -0.121. The summed E-state index contributed by atoms with van der Waals surface area (Å²) in [5.41, 5.74) is 7.61. The van der Waals surface area contributed by atoms with E-state index in [1.165, 1.54) is 11.8 Å². The molecule has 2 unspecified atom stereocenters. The van der Waals surface area contributed by atoms with Gasteiger partial charge in [-0.3, -0.25) is 9.59 Å². The van der Waals surface area contributed by atoms with Gasteiger partial charge in [0.2, 0.25) is 11.8 Å². The Morgan fingerprint density at radius 3 is 2.46 bits per heavy atom. The monoisotopic (exact) mass is 371 g/mol. The first-order chi connectivity index (χ1) is 11.0. The van der Waals surface area contributed by atoms with Gasteiger partial charge >= 0.3 is 0 Å². The van der Waals surface area contributed by atoms with Gasteiger partial charge in [-0.15, -0.1) is 24.2 Å². The summed E-state index contributed by atoms with van der Waals surface area (Å²) in [4.78, 5) is 24.1. The van der Waals surface area contributed by atoms with Crippen LogP contribution in [0.5, 0.6) is 0 Å². The lowest BCUT2D eigenvalue weighted by atomic mass is 10.2. The van der Waals surface area contributed by atoms with E-state index < -0.39 is 0 Å². The van der Waals surface area contributed by atoms with Crippen molar-refractivity contribution in [3.05, 3.63) is 29.8 Å². The SMILES string of the molecule is Cc1ccc(NC(=O)CSC(C)C(=O)NC(CN)C2CC2)cc1.Cl. The van der Waals surface area contributed by atoms with Gasteiger partial charge < -0.3 is 16.4 Å². The number of aryl methyl sites for hydroxylation is 1. The summed E-state index contributed by atoms with van der Waals surface area (Å²) in [7, 11) is 0. The van der Waals surface area contributed by atoms with Gasteiger partial charge in [0.05, 0.1) is 11.0 Å². The summed E-state index contributed by atoms with van der Waals surface area (Å²) < 4.78 is 0. The number of nitrogens with two attached hydrogens (primary N) is 1.